The molecule has 0 unspecified atom stereocenters. The fourth-order valence-corrected chi connectivity index (χ4v) is 4.59. The van der Waals surface area contributed by atoms with Crippen molar-refractivity contribution in [1.29, 1.82) is 0 Å². The Labute approximate surface area is 142 Å². The van der Waals surface area contributed by atoms with Crippen molar-refractivity contribution in [2.24, 2.45) is 4.99 Å². The molecule has 1 heterocycles. The fraction of sp³-hybridized carbons (Fsp3) is 0.350. The standard InChI is InChI=1S/C20H22N2S/c1-3-9-16(10-4-1)15-23-19-17-11-5-6-12-18(17)21-20(22-19)13-7-2-8-14-20/h1,3-6,9-12,21H,2,7-8,13-15H2. The van der Waals surface area contributed by atoms with E-state index in [1.54, 1.807) is 0 Å². The highest BCUT2D eigenvalue weighted by molar-refractivity contribution is 8.13. The summed E-state index contributed by atoms with van der Waals surface area (Å²) in [7, 11) is 0. The van der Waals surface area contributed by atoms with Gasteiger partial charge in [-0.2, -0.15) is 0 Å². The van der Waals surface area contributed by atoms with Crippen LogP contribution in [0.1, 0.15) is 43.2 Å². The molecule has 0 atom stereocenters. The van der Waals surface area contributed by atoms with Crippen LogP contribution in [-0.4, -0.2) is 10.7 Å². The molecule has 2 aliphatic rings. The quantitative estimate of drug-likeness (QED) is 0.794. The van der Waals surface area contributed by atoms with Crippen molar-refractivity contribution in [3.63, 3.8) is 0 Å². The van der Waals surface area contributed by atoms with Crippen LogP contribution in [0.25, 0.3) is 0 Å². The molecule has 4 rings (SSSR count). The van der Waals surface area contributed by atoms with E-state index >= 15 is 0 Å². The van der Waals surface area contributed by atoms with Crippen molar-refractivity contribution in [3.05, 3.63) is 65.7 Å². The summed E-state index contributed by atoms with van der Waals surface area (Å²) >= 11 is 1.87. The van der Waals surface area contributed by atoms with Crippen LogP contribution in [0.5, 0.6) is 0 Å². The van der Waals surface area contributed by atoms with Crippen molar-refractivity contribution in [1.82, 2.24) is 0 Å². The first-order valence-electron chi connectivity index (χ1n) is 8.49. The number of hydrogen-bond donors (Lipinski definition) is 1. The Bertz CT molecular complexity index is 703. The molecule has 0 radical (unpaired) electrons. The molecule has 23 heavy (non-hydrogen) atoms. The van der Waals surface area contributed by atoms with Crippen molar-refractivity contribution in [2.75, 3.05) is 5.32 Å². The van der Waals surface area contributed by atoms with Gasteiger partial charge in [-0.05, 0) is 37.3 Å². The second-order valence-electron chi connectivity index (χ2n) is 6.45. The Hall–Kier alpha value is -1.74. The lowest BCUT2D eigenvalue weighted by Gasteiger charge is -2.39. The van der Waals surface area contributed by atoms with Crippen LogP contribution in [0.4, 0.5) is 5.69 Å². The predicted octanol–water partition coefficient (Wildman–Crippen LogP) is 5.45. The van der Waals surface area contributed by atoms with Gasteiger partial charge in [0.1, 0.15) is 10.7 Å². The summed E-state index contributed by atoms with van der Waals surface area (Å²) in [4.78, 5) is 5.20. The summed E-state index contributed by atoms with van der Waals surface area (Å²) in [5.74, 6) is 0.976. The predicted molar refractivity (Wildman–Crippen MR) is 100 cm³/mol. The lowest BCUT2D eigenvalue weighted by Crippen LogP contribution is -2.42. The van der Waals surface area contributed by atoms with Gasteiger partial charge in [-0.25, -0.2) is 4.99 Å². The van der Waals surface area contributed by atoms with Crippen LogP contribution < -0.4 is 5.32 Å². The van der Waals surface area contributed by atoms with Crippen LogP contribution in [0.2, 0.25) is 0 Å². The first-order valence-corrected chi connectivity index (χ1v) is 9.47. The van der Waals surface area contributed by atoms with Gasteiger partial charge in [-0.1, -0.05) is 55.0 Å². The first kappa shape index (κ1) is 14.8. The summed E-state index contributed by atoms with van der Waals surface area (Å²) in [6.45, 7) is 0. The van der Waals surface area contributed by atoms with E-state index in [9.17, 15) is 0 Å². The van der Waals surface area contributed by atoms with Crippen molar-refractivity contribution in [3.8, 4) is 0 Å². The Morgan fingerprint density at radius 2 is 1.65 bits per heavy atom. The van der Waals surface area contributed by atoms with E-state index in [0.717, 1.165) is 18.6 Å². The molecule has 1 aliphatic heterocycles. The average Bonchev–Trinajstić information content (AvgIpc) is 2.61. The molecule has 1 spiro atoms. The van der Waals surface area contributed by atoms with Gasteiger partial charge < -0.3 is 5.32 Å². The number of hydrogen-bond acceptors (Lipinski definition) is 3. The Morgan fingerprint density at radius 1 is 0.913 bits per heavy atom. The maximum Gasteiger partial charge on any atom is 0.130 e. The van der Waals surface area contributed by atoms with Crippen molar-refractivity contribution >= 4 is 22.5 Å². The number of benzene rings is 2. The zero-order chi connectivity index (χ0) is 15.5. The normalized spacial score (nSPS) is 18.9. The van der Waals surface area contributed by atoms with Crippen LogP contribution in [0.3, 0.4) is 0 Å². The number of aliphatic imine (C=N–C) groups is 1. The fourth-order valence-electron chi connectivity index (χ4n) is 3.52. The minimum Gasteiger partial charge on any atom is -0.361 e. The third-order valence-electron chi connectivity index (χ3n) is 4.74. The zero-order valence-corrected chi connectivity index (χ0v) is 14.1. The van der Waals surface area contributed by atoms with Gasteiger partial charge in [0.05, 0.1) is 0 Å². The molecule has 1 fully saturated rings. The SMILES string of the molecule is c1ccc(CSC2=NC3(CCCCC3)Nc3ccccc32)cc1. The van der Waals surface area contributed by atoms with Gasteiger partial charge in [-0.3, -0.25) is 0 Å². The topological polar surface area (TPSA) is 24.4 Å². The molecule has 1 N–H and O–H groups in total. The minimum absolute atomic E-state index is 0.0639. The average molecular weight is 322 g/mol. The Morgan fingerprint density at radius 3 is 2.48 bits per heavy atom. The molecule has 0 amide bonds. The van der Waals surface area contributed by atoms with Crippen LogP contribution in [0.15, 0.2) is 59.6 Å². The monoisotopic (exact) mass is 322 g/mol. The molecular formula is C20H22N2S. The summed E-state index contributed by atoms with van der Waals surface area (Å²) in [6.07, 6.45) is 6.19. The first-order chi connectivity index (χ1) is 11.3. The van der Waals surface area contributed by atoms with E-state index in [4.69, 9.17) is 4.99 Å². The summed E-state index contributed by atoms with van der Waals surface area (Å²) < 4.78 is 0. The molecule has 1 saturated carbocycles. The number of thioether (sulfide) groups is 1. The van der Waals surface area contributed by atoms with Crippen LogP contribution in [-0.2, 0) is 5.75 Å². The third-order valence-corrected chi connectivity index (χ3v) is 5.80. The van der Waals surface area contributed by atoms with Gasteiger partial charge in [0.2, 0.25) is 0 Å². The van der Waals surface area contributed by atoms with E-state index in [1.807, 2.05) is 11.8 Å². The van der Waals surface area contributed by atoms with Gasteiger partial charge >= 0.3 is 0 Å². The smallest absolute Gasteiger partial charge is 0.130 e. The largest absolute Gasteiger partial charge is 0.361 e. The molecule has 2 nitrogen and oxygen atoms in total. The molecule has 118 valence electrons. The Balaban J connectivity index is 1.63. The van der Waals surface area contributed by atoms with E-state index < -0.39 is 0 Å². The van der Waals surface area contributed by atoms with Gasteiger partial charge in [0.25, 0.3) is 0 Å². The number of anilines is 1. The number of fused-ring (bicyclic) bond motifs is 1. The molecule has 2 aromatic rings. The van der Waals surface area contributed by atoms with E-state index in [1.165, 1.54) is 41.1 Å². The lowest BCUT2D eigenvalue weighted by molar-refractivity contribution is 0.335. The molecule has 2 aromatic carbocycles. The number of para-hydroxylation sites is 1. The summed E-state index contributed by atoms with van der Waals surface area (Å²) in [6, 6.07) is 19.3. The van der Waals surface area contributed by atoms with Gasteiger partial charge in [-0.15, -0.1) is 11.8 Å². The van der Waals surface area contributed by atoms with Crippen LogP contribution >= 0.6 is 11.8 Å². The summed E-state index contributed by atoms with van der Waals surface area (Å²) in [5.41, 5.74) is 3.80. The zero-order valence-electron chi connectivity index (χ0n) is 13.3. The van der Waals surface area contributed by atoms with Crippen LogP contribution in [0, 0.1) is 0 Å². The maximum absolute atomic E-state index is 5.20. The van der Waals surface area contributed by atoms with E-state index in [0.29, 0.717) is 0 Å². The minimum atomic E-state index is -0.0639. The highest BCUT2D eigenvalue weighted by Gasteiger charge is 2.35. The second kappa shape index (κ2) is 6.40. The molecule has 1 aliphatic carbocycles. The lowest BCUT2D eigenvalue weighted by atomic mass is 9.88. The van der Waals surface area contributed by atoms with E-state index in [2.05, 4.69) is 59.9 Å². The third kappa shape index (κ3) is 3.16. The molecule has 0 saturated heterocycles. The molecule has 0 aromatic heterocycles. The molecular weight excluding hydrogens is 300 g/mol. The number of nitrogens with one attached hydrogen (secondary N) is 1. The van der Waals surface area contributed by atoms with Crippen molar-refractivity contribution < 1.29 is 0 Å². The highest BCUT2D eigenvalue weighted by Crippen LogP contribution is 2.40. The number of rotatable bonds is 2. The maximum atomic E-state index is 5.20. The Kier molecular flexibility index (Phi) is 4.13. The van der Waals surface area contributed by atoms with Crippen molar-refractivity contribution in [2.45, 2.75) is 43.5 Å². The summed E-state index contributed by atoms with van der Waals surface area (Å²) in [5, 5.41) is 4.94. The van der Waals surface area contributed by atoms with Gasteiger partial charge in [0, 0.05) is 17.0 Å². The highest BCUT2D eigenvalue weighted by atomic mass is 32.2. The van der Waals surface area contributed by atoms with E-state index in [-0.39, 0.29) is 5.66 Å². The number of nitrogens with zero attached hydrogens (tertiary/aromatic N) is 1. The second-order valence-corrected chi connectivity index (χ2v) is 7.42. The molecule has 3 heteroatoms. The van der Waals surface area contributed by atoms with Gasteiger partial charge in [0.15, 0.2) is 0 Å². The molecule has 0 bridgehead atoms.